The van der Waals surface area contributed by atoms with Gasteiger partial charge in [-0.1, -0.05) is 6.92 Å². The number of fused-ring (bicyclic) bond motifs is 1. The van der Waals surface area contributed by atoms with Gasteiger partial charge in [0.15, 0.2) is 0 Å². The van der Waals surface area contributed by atoms with Gasteiger partial charge in [-0.05, 0) is 36.8 Å². The Morgan fingerprint density at radius 1 is 1.48 bits per heavy atom. The van der Waals surface area contributed by atoms with Gasteiger partial charge < -0.3 is 10.4 Å². The predicted molar refractivity (Wildman–Crippen MR) is 84.1 cm³/mol. The molecule has 1 aliphatic rings. The first kappa shape index (κ1) is 14.5. The van der Waals surface area contributed by atoms with Crippen molar-refractivity contribution in [1.29, 1.82) is 0 Å². The number of rotatable bonds is 5. The molecule has 1 aromatic carbocycles. The van der Waals surface area contributed by atoms with Crippen LogP contribution >= 0.6 is 11.8 Å². The summed E-state index contributed by atoms with van der Waals surface area (Å²) >= 11 is 1.78. The minimum atomic E-state index is -0.703. The topological polar surface area (TPSA) is 58.0 Å². The number of benzene rings is 1. The van der Waals surface area contributed by atoms with Gasteiger partial charge in [-0.2, -0.15) is 11.8 Å². The lowest BCUT2D eigenvalue weighted by Crippen LogP contribution is -2.54. The van der Waals surface area contributed by atoms with Gasteiger partial charge >= 0.3 is 0 Å². The highest BCUT2D eigenvalue weighted by molar-refractivity contribution is 8.00. The first-order chi connectivity index (χ1) is 10.1. The van der Waals surface area contributed by atoms with Crippen LogP contribution in [0.2, 0.25) is 0 Å². The Balaban J connectivity index is 1.78. The number of nitrogens with zero attached hydrogens (tertiary/aromatic N) is 2. The van der Waals surface area contributed by atoms with E-state index in [9.17, 15) is 9.50 Å². The zero-order valence-corrected chi connectivity index (χ0v) is 12.7. The number of anilines is 1. The van der Waals surface area contributed by atoms with Crippen molar-refractivity contribution in [2.24, 2.45) is 0 Å². The molecule has 0 radical (unpaired) electrons. The lowest BCUT2D eigenvalue weighted by molar-refractivity contribution is -0.0120. The van der Waals surface area contributed by atoms with Crippen molar-refractivity contribution in [3.63, 3.8) is 0 Å². The maximum Gasteiger partial charge on any atom is 0.137 e. The molecule has 112 valence electrons. The molecule has 2 atom stereocenters. The summed E-state index contributed by atoms with van der Waals surface area (Å²) in [5, 5.41) is 14.7. The lowest BCUT2D eigenvalue weighted by Gasteiger charge is -2.45. The Morgan fingerprint density at radius 2 is 2.33 bits per heavy atom. The van der Waals surface area contributed by atoms with Gasteiger partial charge in [0.2, 0.25) is 0 Å². The Hall–Kier alpha value is -1.40. The summed E-state index contributed by atoms with van der Waals surface area (Å²) in [5.74, 6) is 1.25. The second-order valence-electron chi connectivity index (χ2n) is 5.32. The van der Waals surface area contributed by atoms with Crippen molar-refractivity contribution >= 4 is 28.5 Å². The number of hydrogen-bond donors (Lipinski definition) is 2. The highest BCUT2D eigenvalue weighted by Crippen LogP contribution is 2.41. The van der Waals surface area contributed by atoms with Crippen LogP contribution < -0.4 is 5.32 Å². The van der Waals surface area contributed by atoms with Crippen LogP contribution in [-0.4, -0.2) is 38.2 Å². The monoisotopic (exact) mass is 307 g/mol. The maximum absolute atomic E-state index is 13.4. The molecule has 1 fully saturated rings. The molecule has 0 bridgehead atoms. The van der Waals surface area contributed by atoms with E-state index in [1.807, 2.05) is 0 Å². The second-order valence-corrected chi connectivity index (χ2v) is 6.80. The first-order valence-electron chi connectivity index (χ1n) is 7.10. The summed E-state index contributed by atoms with van der Waals surface area (Å²) < 4.78 is 13.4. The number of aliphatic hydroxyl groups is 1. The molecule has 2 aromatic rings. The summed E-state index contributed by atoms with van der Waals surface area (Å²) in [4.78, 5) is 8.30. The fourth-order valence-electron chi connectivity index (χ4n) is 2.64. The van der Waals surface area contributed by atoms with E-state index >= 15 is 0 Å². The van der Waals surface area contributed by atoms with Gasteiger partial charge in [-0.25, -0.2) is 14.4 Å². The van der Waals surface area contributed by atoms with Crippen LogP contribution in [0.5, 0.6) is 0 Å². The number of thioether (sulfide) groups is 1. The van der Waals surface area contributed by atoms with Gasteiger partial charge in [0.1, 0.15) is 18.0 Å². The van der Waals surface area contributed by atoms with Crippen LogP contribution in [0.1, 0.15) is 19.8 Å². The molecule has 2 unspecified atom stereocenters. The molecule has 0 spiro atoms. The minimum absolute atomic E-state index is 0.264. The molecule has 4 nitrogen and oxygen atoms in total. The molecule has 1 aliphatic carbocycles. The van der Waals surface area contributed by atoms with Crippen LogP contribution in [0, 0.1) is 5.82 Å². The lowest BCUT2D eigenvalue weighted by atomic mass is 9.79. The Kier molecular flexibility index (Phi) is 3.99. The second kappa shape index (κ2) is 5.77. The largest absolute Gasteiger partial charge is 0.387 e. The van der Waals surface area contributed by atoms with Crippen LogP contribution in [0.4, 0.5) is 10.2 Å². The van der Waals surface area contributed by atoms with E-state index in [-0.39, 0.29) is 11.1 Å². The predicted octanol–water partition coefficient (Wildman–Crippen LogP) is 2.83. The summed E-state index contributed by atoms with van der Waals surface area (Å²) in [6, 6.07) is 4.43. The average molecular weight is 307 g/mol. The Bertz CT molecular complexity index is 654. The Morgan fingerprint density at radius 3 is 3.05 bits per heavy atom. The van der Waals surface area contributed by atoms with Gasteiger partial charge in [-0.3, -0.25) is 0 Å². The molecular weight excluding hydrogens is 289 g/mol. The number of hydrogen-bond acceptors (Lipinski definition) is 5. The number of nitrogens with one attached hydrogen (secondary N) is 1. The maximum atomic E-state index is 13.4. The summed E-state index contributed by atoms with van der Waals surface area (Å²) in [6.07, 6.45) is 3.27. The molecule has 0 saturated heterocycles. The standard InChI is InChI=1S/C15H18FN3OS/c1-2-21-13-5-6-15(13,20)8-17-14-11-7-10(16)3-4-12(11)18-9-19-14/h3-4,7,9,13,20H,2,5-6,8H2,1H3,(H,17,18,19). The van der Waals surface area contributed by atoms with E-state index in [4.69, 9.17) is 0 Å². The highest BCUT2D eigenvalue weighted by atomic mass is 32.2. The normalized spacial score (nSPS) is 24.8. The minimum Gasteiger partial charge on any atom is -0.387 e. The zero-order valence-electron chi connectivity index (χ0n) is 11.8. The molecule has 0 amide bonds. The fourth-order valence-corrected chi connectivity index (χ4v) is 3.84. The summed E-state index contributed by atoms with van der Waals surface area (Å²) in [5.41, 5.74) is -0.0142. The first-order valence-corrected chi connectivity index (χ1v) is 8.15. The molecule has 21 heavy (non-hydrogen) atoms. The van der Waals surface area contributed by atoms with Crippen molar-refractivity contribution in [1.82, 2.24) is 9.97 Å². The van der Waals surface area contributed by atoms with E-state index in [1.165, 1.54) is 18.5 Å². The van der Waals surface area contributed by atoms with Crippen molar-refractivity contribution in [2.75, 3.05) is 17.6 Å². The summed E-state index contributed by atoms with van der Waals surface area (Å²) in [6.45, 7) is 2.52. The van der Waals surface area contributed by atoms with E-state index in [0.29, 0.717) is 23.3 Å². The van der Waals surface area contributed by atoms with E-state index in [2.05, 4.69) is 22.2 Å². The SMILES string of the molecule is CCSC1CCC1(O)CNc1ncnc2ccc(F)cc12. The van der Waals surface area contributed by atoms with E-state index < -0.39 is 5.60 Å². The third-order valence-electron chi connectivity index (χ3n) is 3.97. The van der Waals surface area contributed by atoms with Crippen molar-refractivity contribution in [2.45, 2.75) is 30.6 Å². The van der Waals surface area contributed by atoms with Crippen LogP contribution in [0.25, 0.3) is 10.9 Å². The molecule has 1 saturated carbocycles. The molecule has 2 N–H and O–H groups in total. The summed E-state index contributed by atoms with van der Waals surface area (Å²) in [7, 11) is 0. The van der Waals surface area contributed by atoms with Crippen molar-refractivity contribution in [3.8, 4) is 0 Å². The van der Waals surface area contributed by atoms with Gasteiger partial charge in [0, 0.05) is 17.2 Å². The van der Waals surface area contributed by atoms with Crippen LogP contribution in [0.15, 0.2) is 24.5 Å². The molecule has 1 heterocycles. The van der Waals surface area contributed by atoms with Crippen molar-refractivity contribution in [3.05, 3.63) is 30.3 Å². The third-order valence-corrected chi connectivity index (χ3v) is 5.38. The fraction of sp³-hybridized carbons (Fsp3) is 0.467. The quantitative estimate of drug-likeness (QED) is 0.889. The number of halogens is 1. The zero-order chi connectivity index (χ0) is 14.9. The van der Waals surface area contributed by atoms with Crippen molar-refractivity contribution < 1.29 is 9.50 Å². The third kappa shape index (κ3) is 2.82. The van der Waals surface area contributed by atoms with Gasteiger partial charge in [0.25, 0.3) is 0 Å². The van der Waals surface area contributed by atoms with Crippen LogP contribution in [-0.2, 0) is 0 Å². The number of aromatic nitrogens is 2. The molecule has 1 aromatic heterocycles. The van der Waals surface area contributed by atoms with E-state index in [1.54, 1.807) is 17.8 Å². The molecule has 6 heteroatoms. The van der Waals surface area contributed by atoms with Gasteiger partial charge in [0.05, 0.1) is 11.1 Å². The smallest absolute Gasteiger partial charge is 0.137 e. The Labute approximate surface area is 127 Å². The molecule has 0 aliphatic heterocycles. The average Bonchev–Trinajstić information content (AvgIpc) is 2.49. The van der Waals surface area contributed by atoms with Crippen LogP contribution in [0.3, 0.4) is 0 Å². The van der Waals surface area contributed by atoms with Gasteiger partial charge in [-0.15, -0.1) is 0 Å². The molecular formula is C15H18FN3OS. The highest BCUT2D eigenvalue weighted by Gasteiger charge is 2.45. The molecule has 3 rings (SSSR count). The van der Waals surface area contributed by atoms with E-state index in [0.717, 1.165) is 18.6 Å².